The van der Waals surface area contributed by atoms with E-state index in [9.17, 15) is 9.59 Å². The van der Waals surface area contributed by atoms with Crippen molar-refractivity contribution in [3.8, 4) is 0 Å². The maximum Gasteiger partial charge on any atom is 0.140 e. The molecule has 6 aliphatic rings. The average Bonchev–Trinajstić information content (AvgIpc) is 2.45. The number of carbonyl (C=O) groups is 2. The average molecular weight is 160 g/mol. The third-order valence-electron chi connectivity index (χ3n) is 5.52. The largest absolute Gasteiger partial charge is 0.299 e. The second-order valence-corrected chi connectivity index (χ2v) is 5.22. The van der Waals surface area contributed by atoms with Crippen LogP contribution in [0.15, 0.2) is 0 Å². The van der Waals surface area contributed by atoms with E-state index in [1.54, 1.807) is 0 Å². The standard InChI is InChI=1S/C10H8O2/c11-9-5-1-2-4(5)8-7(9)3(1)6(2)10(8)12/h1-8H/t1-,2-,3-,4+,5-,6-,7+,8-/m1/s1. The third-order valence-corrected chi connectivity index (χ3v) is 5.52. The minimum absolute atomic E-state index is 0.229. The number of Topliss-reactive ketones (excluding diaryl/α,β-unsaturated/α-hetero) is 2. The Morgan fingerprint density at radius 2 is 1.00 bits per heavy atom. The molecule has 2 nitrogen and oxygen atoms in total. The molecule has 0 aromatic carbocycles. The Kier molecular flexibility index (Phi) is 0.450. The fraction of sp³-hybridized carbons (Fsp3) is 0.800. The van der Waals surface area contributed by atoms with Crippen molar-refractivity contribution in [2.75, 3.05) is 0 Å². The second-order valence-electron chi connectivity index (χ2n) is 5.22. The molecule has 0 heterocycles. The molecule has 0 aromatic rings. The van der Waals surface area contributed by atoms with Crippen molar-refractivity contribution in [1.29, 1.82) is 0 Å². The van der Waals surface area contributed by atoms with Crippen LogP contribution in [0.4, 0.5) is 0 Å². The van der Waals surface area contributed by atoms with Crippen molar-refractivity contribution in [2.45, 2.75) is 0 Å². The van der Waals surface area contributed by atoms with E-state index in [0.717, 1.165) is 0 Å². The molecule has 0 radical (unpaired) electrons. The lowest BCUT2D eigenvalue weighted by Gasteiger charge is -2.61. The highest BCUT2D eigenvalue weighted by Crippen LogP contribution is 2.85. The highest BCUT2D eigenvalue weighted by atomic mass is 16.1. The van der Waals surface area contributed by atoms with Crippen molar-refractivity contribution < 1.29 is 9.59 Å². The van der Waals surface area contributed by atoms with Crippen LogP contribution in [0.3, 0.4) is 0 Å². The minimum Gasteiger partial charge on any atom is -0.299 e. The first-order valence-corrected chi connectivity index (χ1v) is 4.90. The summed E-state index contributed by atoms with van der Waals surface area (Å²) in [5.74, 6) is 4.65. The molecule has 6 saturated carbocycles. The van der Waals surface area contributed by atoms with Crippen molar-refractivity contribution >= 4 is 11.6 Å². The van der Waals surface area contributed by atoms with Gasteiger partial charge in [-0.25, -0.2) is 0 Å². The van der Waals surface area contributed by atoms with Gasteiger partial charge in [0.05, 0.1) is 0 Å². The zero-order chi connectivity index (χ0) is 7.77. The van der Waals surface area contributed by atoms with Gasteiger partial charge >= 0.3 is 0 Å². The second kappa shape index (κ2) is 1.05. The van der Waals surface area contributed by atoms with E-state index in [1.165, 1.54) is 0 Å². The van der Waals surface area contributed by atoms with Crippen LogP contribution < -0.4 is 0 Å². The van der Waals surface area contributed by atoms with Crippen LogP contribution in [-0.4, -0.2) is 11.6 Å². The van der Waals surface area contributed by atoms with E-state index in [-0.39, 0.29) is 11.8 Å². The molecule has 0 saturated heterocycles. The Labute approximate surface area is 69.3 Å². The summed E-state index contributed by atoms with van der Waals surface area (Å²) in [4.78, 5) is 23.4. The van der Waals surface area contributed by atoms with Crippen molar-refractivity contribution in [2.24, 2.45) is 47.3 Å². The number of ketones is 2. The van der Waals surface area contributed by atoms with Crippen LogP contribution >= 0.6 is 0 Å². The molecule has 0 spiro atoms. The quantitative estimate of drug-likeness (QED) is 0.504. The van der Waals surface area contributed by atoms with Crippen molar-refractivity contribution in [1.82, 2.24) is 0 Å². The zero-order valence-electron chi connectivity index (χ0n) is 6.44. The van der Waals surface area contributed by atoms with Crippen LogP contribution in [0.2, 0.25) is 0 Å². The molecule has 8 atom stereocenters. The molecule has 0 aromatic heterocycles. The Bertz CT molecular complexity index is 336. The zero-order valence-corrected chi connectivity index (χ0v) is 6.44. The summed E-state index contributed by atoms with van der Waals surface area (Å²) < 4.78 is 0. The summed E-state index contributed by atoms with van der Waals surface area (Å²) in [5.41, 5.74) is 0. The molecule has 6 rings (SSSR count). The molecule has 6 fully saturated rings. The molecule has 60 valence electrons. The van der Waals surface area contributed by atoms with E-state index >= 15 is 0 Å². The van der Waals surface area contributed by atoms with E-state index < -0.39 is 0 Å². The Morgan fingerprint density at radius 3 is 1.33 bits per heavy atom. The summed E-state index contributed by atoms with van der Waals surface area (Å²) >= 11 is 0. The number of rotatable bonds is 0. The normalized spacial score (nSPS) is 78.3. The highest BCUT2D eigenvalue weighted by Gasteiger charge is 2.90. The Hall–Kier alpha value is -0.660. The summed E-state index contributed by atoms with van der Waals surface area (Å²) in [5, 5.41) is 0. The Balaban J connectivity index is 1.93. The van der Waals surface area contributed by atoms with Crippen LogP contribution in [0.1, 0.15) is 0 Å². The third kappa shape index (κ3) is 0.212. The predicted molar refractivity (Wildman–Crippen MR) is 37.9 cm³/mol. The number of carbonyl (C=O) groups excluding carboxylic acids is 2. The molecular weight excluding hydrogens is 152 g/mol. The van der Waals surface area contributed by atoms with Gasteiger partial charge in [0, 0.05) is 23.7 Å². The summed E-state index contributed by atoms with van der Waals surface area (Å²) in [7, 11) is 0. The highest BCUT2D eigenvalue weighted by molar-refractivity contribution is 6.07. The molecule has 0 aliphatic heterocycles. The lowest BCUT2D eigenvalue weighted by molar-refractivity contribution is -0.172. The maximum absolute atomic E-state index is 11.7. The van der Waals surface area contributed by atoms with Gasteiger partial charge in [-0.3, -0.25) is 9.59 Å². The van der Waals surface area contributed by atoms with E-state index in [4.69, 9.17) is 0 Å². The first-order chi connectivity index (χ1) is 5.82. The van der Waals surface area contributed by atoms with Gasteiger partial charge in [-0.05, 0) is 23.7 Å². The smallest absolute Gasteiger partial charge is 0.140 e. The molecule has 2 heteroatoms. The molecule has 4 bridgehead atoms. The fourth-order valence-electron chi connectivity index (χ4n) is 5.51. The van der Waals surface area contributed by atoms with Crippen LogP contribution in [0, 0.1) is 47.3 Å². The lowest BCUT2D eigenvalue weighted by Crippen LogP contribution is -2.61. The maximum atomic E-state index is 11.7. The van der Waals surface area contributed by atoms with Gasteiger partial charge in [-0.15, -0.1) is 0 Å². The van der Waals surface area contributed by atoms with Crippen LogP contribution in [0.5, 0.6) is 0 Å². The van der Waals surface area contributed by atoms with Crippen molar-refractivity contribution in [3.63, 3.8) is 0 Å². The monoisotopic (exact) mass is 160 g/mol. The molecule has 0 unspecified atom stereocenters. The van der Waals surface area contributed by atoms with E-state index in [2.05, 4.69) is 0 Å². The van der Waals surface area contributed by atoms with Gasteiger partial charge in [0.1, 0.15) is 11.6 Å². The van der Waals surface area contributed by atoms with Gasteiger partial charge in [-0.2, -0.15) is 0 Å². The van der Waals surface area contributed by atoms with Crippen LogP contribution in [-0.2, 0) is 9.59 Å². The topological polar surface area (TPSA) is 34.1 Å². The van der Waals surface area contributed by atoms with E-state index in [1.807, 2.05) is 0 Å². The molecule has 0 amide bonds. The first kappa shape index (κ1) is 5.15. The van der Waals surface area contributed by atoms with Crippen LogP contribution in [0.25, 0.3) is 0 Å². The summed E-state index contributed by atoms with van der Waals surface area (Å²) in [6.45, 7) is 0. The molecule has 6 aliphatic carbocycles. The molecule has 12 heavy (non-hydrogen) atoms. The van der Waals surface area contributed by atoms with Gasteiger partial charge in [0.15, 0.2) is 0 Å². The number of hydrogen-bond donors (Lipinski definition) is 0. The minimum atomic E-state index is 0.229. The first-order valence-electron chi connectivity index (χ1n) is 4.90. The van der Waals surface area contributed by atoms with Crippen molar-refractivity contribution in [3.05, 3.63) is 0 Å². The van der Waals surface area contributed by atoms with Gasteiger partial charge in [0.2, 0.25) is 0 Å². The summed E-state index contributed by atoms with van der Waals surface area (Å²) in [6, 6.07) is 0. The fourth-order valence-corrected chi connectivity index (χ4v) is 5.51. The van der Waals surface area contributed by atoms with Gasteiger partial charge in [0.25, 0.3) is 0 Å². The lowest BCUT2D eigenvalue weighted by atomic mass is 9.41. The SMILES string of the molecule is O=C1[C@H]2[C@H]3C(=O)[C@H]4[C@@H]2[C@@H]2[C@@H]1[C@H]3[C@H]42. The van der Waals surface area contributed by atoms with Gasteiger partial charge < -0.3 is 0 Å². The summed E-state index contributed by atoms with van der Waals surface area (Å²) in [6.07, 6.45) is 0. The molecular formula is C10H8O2. The Morgan fingerprint density at radius 1 is 0.583 bits per heavy atom. The van der Waals surface area contributed by atoms with Gasteiger partial charge in [-0.1, -0.05) is 0 Å². The number of hydrogen-bond acceptors (Lipinski definition) is 2. The predicted octanol–water partition coefficient (Wildman–Crippen LogP) is 0.122. The van der Waals surface area contributed by atoms with E-state index in [0.29, 0.717) is 47.1 Å². The molecule has 0 N–H and O–H groups in total.